The summed E-state index contributed by atoms with van der Waals surface area (Å²) in [5.74, 6) is 0.979. The topological polar surface area (TPSA) is 100 Å². The van der Waals surface area contributed by atoms with Gasteiger partial charge in [0.05, 0.1) is 18.4 Å². The zero-order chi connectivity index (χ0) is 24.5. The molecule has 0 atom stereocenters. The van der Waals surface area contributed by atoms with Crippen LogP contribution in [0.25, 0.3) is 28.6 Å². The summed E-state index contributed by atoms with van der Waals surface area (Å²) in [6.07, 6.45) is 11.3. The quantitative estimate of drug-likeness (QED) is 0.349. The lowest BCUT2D eigenvalue weighted by Gasteiger charge is -2.10. The van der Waals surface area contributed by atoms with Crippen LogP contribution >= 0.6 is 0 Å². The maximum Gasteiger partial charge on any atom is 0.183 e. The van der Waals surface area contributed by atoms with Crippen molar-refractivity contribution in [1.82, 2.24) is 38.9 Å². The third-order valence-corrected chi connectivity index (χ3v) is 5.85. The van der Waals surface area contributed by atoms with Crippen molar-refractivity contribution < 1.29 is 13.5 Å². The maximum atomic E-state index is 14.4. The molecule has 36 heavy (non-hydrogen) atoms. The van der Waals surface area contributed by atoms with Crippen LogP contribution in [0.1, 0.15) is 6.42 Å². The number of benzene rings is 1. The third kappa shape index (κ3) is 4.17. The third-order valence-electron chi connectivity index (χ3n) is 5.85. The van der Waals surface area contributed by atoms with Crippen LogP contribution in [0.2, 0.25) is 0 Å². The van der Waals surface area contributed by atoms with E-state index in [1.807, 2.05) is 27.6 Å². The van der Waals surface area contributed by atoms with Gasteiger partial charge in [-0.25, -0.2) is 33.4 Å². The Morgan fingerprint density at radius 1 is 1.11 bits per heavy atom. The summed E-state index contributed by atoms with van der Waals surface area (Å²) in [5.41, 5.74) is 1.32. The Kier molecular flexibility index (Phi) is 5.60. The second-order valence-electron chi connectivity index (χ2n) is 8.23. The number of rotatable bonds is 7. The average Bonchev–Trinajstić information content (AvgIpc) is 3.62. The molecule has 182 valence electrons. The SMILES string of the molecule is Fc1ccc(-n2ncnc2-c2cn3c(n2)-c2cnc(NCCCn4ccnc4)cc2OCC3)c(F)c1. The van der Waals surface area contributed by atoms with E-state index < -0.39 is 11.6 Å². The number of nitrogens with one attached hydrogen (secondary N) is 1. The molecule has 0 unspecified atom stereocenters. The monoisotopic (exact) mass is 489 g/mol. The van der Waals surface area contributed by atoms with Crippen LogP contribution in [0, 0.1) is 11.6 Å². The highest BCUT2D eigenvalue weighted by molar-refractivity contribution is 5.69. The molecule has 0 amide bonds. The molecule has 0 spiro atoms. The van der Waals surface area contributed by atoms with Crippen LogP contribution in [0.15, 0.2) is 61.7 Å². The van der Waals surface area contributed by atoms with Gasteiger partial charge in [0.25, 0.3) is 0 Å². The number of imidazole rings is 2. The Morgan fingerprint density at radius 3 is 2.92 bits per heavy atom. The van der Waals surface area contributed by atoms with E-state index in [2.05, 4.69) is 25.4 Å². The molecular formula is C24H21F2N9O. The highest BCUT2D eigenvalue weighted by Crippen LogP contribution is 2.34. The van der Waals surface area contributed by atoms with Crippen LogP contribution in [0.4, 0.5) is 14.6 Å². The summed E-state index contributed by atoms with van der Waals surface area (Å²) in [4.78, 5) is 17.6. The van der Waals surface area contributed by atoms with Crippen molar-refractivity contribution in [3.63, 3.8) is 0 Å². The maximum absolute atomic E-state index is 14.4. The molecule has 0 radical (unpaired) electrons. The standard InChI is InChI=1S/C24H21F2N9O/c25-16-2-3-20(18(26)10-16)35-24(30-14-31-35)19-13-34-8-9-36-21-11-22(29-12-17(21)23(34)32-19)28-4-1-6-33-7-5-27-15-33/h2-3,5,7,10-15H,1,4,6,8-9H2,(H,28,29). The molecule has 1 aliphatic rings. The Balaban J connectivity index is 1.25. The van der Waals surface area contributed by atoms with Crippen LogP contribution < -0.4 is 10.1 Å². The molecular weight excluding hydrogens is 468 g/mol. The van der Waals surface area contributed by atoms with Gasteiger partial charge in [0.1, 0.15) is 47.5 Å². The van der Waals surface area contributed by atoms with Crippen LogP contribution in [0.3, 0.4) is 0 Å². The zero-order valence-electron chi connectivity index (χ0n) is 19.1. The largest absolute Gasteiger partial charge is 0.491 e. The second-order valence-corrected chi connectivity index (χ2v) is 8.23. The predicted octanol–water partition coefficient (Wildman–Crippen LogP) is 3.56. The van der Waals surface area contributed by atoms with Crippen LogP contribution in [-0.4, -0.2) is 52.0 Å². The number of aryl methyl sites for hydroxylation is 1. The summed E-state index contributed by atoms with van der Waals surface area (Å²) >= 11 is 0. The van der Waals surface area contributed by atoms with Crippen molar-refractivity contribution in [2.75, 3.05) is 18.5 Å². The molecule has 0 bridgehead atoms. The van der Waals surface area contributed by atoms with E-state index in [1.165, 1.54) is 23.1 Å². The molecule has 12 heteroatoms. The van der Waals surface area contributed by atoms with Gasteiger partial charge in [0, 0.05) is 50.0 Å². The number of fused-ring (bicyclic) bond motifs is 3. The summed E-state index contributed by atoms with van der Waals surface area (Å²) in [7, 11) is 0. The van der Waals surface area contributed by atoms with E-state index >= 15 is 0 Å². The molecule has 0 fully saturated rings. The van der Waals surface area contributed by atoms with Gasteiger partial charge in [-0.1, -0.05) is 0 Å². The first-order chi connectivity index (χ1) is 17.7. The number of hydrogen-bond acceptors (Lipinski definition) is 7. The minimum atomic E-state index is -0.740. The van der Waals surface area contributed by atoms with Crippen molar-refractivity contribution in [3.8, 4) is 34.3 Å². The Bertz CT molecular complexity index is 1510. The minimum Gasteiger partial charge on any atom is -0.491 e. The lowest BCUT2D eigenvalue weighted by Crippen LogP contribution is -2.07. The molecule has 1 aromatic carbocycles. The first kappa shape index (κ1) is 21.9. The van der Waals surface area contributed by atoms with Crippen molar-refractivity contribution >= 4 is 5.82 Å². The van der Waals surface area contributed by atoms with Gasteiger partial charge in [-0.3, -0.25) is 0 Å². The lowest BCUT2D eigenvalue weighted by molar-refractivity contribution is 0.306. The first-order valence-electron chi connectivity index (χ1n) is 11.4. The van der Waals surface area contributed by atoms with Crippen LogP contribution in [-0.2, 0) is 13.1 Å². The van der Waals surface area contributed by atoms with E-state index in [4.69, 9.17) is 9.72 Å². The number of halogens is 2. The van der Waals surface area contributed by atoms with Gasteiger partial charge in [-0.2, -0.15) is 5.10 Å². The normalized spacial score (nSPS) is 12.5. The first-order valence-corrected chi connectivity index (χ1v) is 11.4. The number of pyridine rings is 1. The molecule has 1 N–H and O–H groups in total. The minimum absolute atomic E-state index is 0.0845. The highest BCUT2D eigenvalue weighted by atomic mass is 19.1. The van der Waals surface area contributed by atoms with Crippen molar-refractivity contribution in [2.24, 2.45) is 0 Å². The second kappa shape index (κ2) is 9.21. The number of hydrogen-bond donors (Lipinski definition) is 1. The van der Waals surface area contributed by atoms with Gasteiger partial charge in [-0.05, 0) is 18.6 Å². The van der Waals surface area contributed by atoms with Gasteiger partial charge < -0.3 is 19.2 Å². The number of ether oxygens (including phenoxy) is 1. The van der Waals surface area contributed by atoms with E-state index in [0.29, 0.717) is 42.1 Å². The molecule has 4 aromatic heterocycles. The fourth-order valence-corrected chi connectivity index (χ4v) is 4.13. The van der Waals surface area contributed by atoms with Crippen LogP contribution in [0.5, 0.6) is 5.75 Å². The molecule has 5 aromatic rings. The number of anilines is 1. The Hall–Kier alpha value is -4.61. The van der Waals surface area contributed by atoms with Gasteiger partial charge in [0.2, 0.25) is 0 Å². The fraction of sp³-hybridized carbons (Fsp3) is 0.208. The van der Waals surface area contributed by atoms with Crippen molar-refractivity contribution in [1.29, 1.82) is 0 Å². The highest BCUT2D eigenvalue weighted by Gasteiger charge is 2.23. The summed E-state index contributed by atoms with van der Waals surface area (Å²) in [6, 6.07) is 5.18. The average molecular weight is 489 g/mol. The van der Waals surface area contributed by atoms with Crippen molar-refractivity contribution in [3.05, 3.63) is 73.3 Å². The van der Waals surface area contributed by atoms with E-state index in [-0.39, 0.29) is 5.69 Å². The fourth-order valence-electron chi connectivity index (χ4n) is 4.13. The molecule has 0 saturated heterocycles. The van der Waals surface area contributed by atoms with E-state index in [1.54, 1.807) is 18.7 Å². The summed E-state index contributed by atoms with van der Waals surface area (Å²) < 4.78 is 39.1. The molecule has 10 nitrogen and oxygen atoms in total. The summed E-state index contributed by atoms with van der Waals surface area (Å²) in [6.45, 7) is 2.61. The van der Waals surface area contributed by atoms with E-state index in [9.17, 15) is 8.78 Å². The Labute approximate surface area is 204 Å². The molecule has 1 aliphatic heterocycles. The van der Waals surface area contributed by atoms with E-state index in [0.717, 1.165) is 31.1 Å². The molecule has 0 aliphatic carbocycles. The number of nitrogens with zero attached hydrogens (tertiary/aromatic N) is 8. The Morgan fingerprint density at radius 2 is 2.06 bits per heavy atom. The molecule has 0 saturated carbocycles. The van der Waals surface area contributed by atoms with Gasteiger partial charge in [0.15, 0.2) is 11.6 Å². The van der Waals surface area contributed by atoms with Crippen molar-refractivity contribution in [2.45, 2.75) is 19.5 Å². The predicted molar refractivity (Wildman–Crippen MR) is 127 cm³/mol. The smallest absolute Gasteiger partial charge is 0.183 e. The zero-order valence-corrected chi connectivity index (χ0v) is 19.1. The number of aromatic nitrogens is 8. The van der Waals surface area contributed by atoms with Gasteiger partial charge >= 0.3 is 0 Å². The van der Waals surface area contributed by atoms with Gasteiger partial charge in [-0.15, -0.1) is 0 Å². The summed E-state index contributed by atoms with van der Waals surface area (Å²) in [5, 5.41) is 7.46. The molecule has 6 rings (SSSR count). The lowest BCUT2D eigenvalue weighted by atomic mass is 10.2. The molecule has 5 heterocycles.